The van der Waals surface area contributed by atoms with Gasteiger partial charge in [0.05, 0.1) is 10.4 Å². The molecule has 78 valence electrons. The molecule has 0 bridgehead atoms. The zero-order valence-electron chi connectivity index (χ0n) is 7.51. The van der Waals surface area contributed by atoms with Gasteiger partial charge >= 0.3 is 0 Å². The van der Waals surface area contributed by atoms with Gasteiger partial charge < -0.3 is 4.52 Å². The fourth-order valence-corrected chi connectivity index (χ4v) is 2.11. The second-order valence-electron chi connectivity index (χ2n) is 2.91. The van der Waals surface area contributed by atoms with E-state index in [2.05, 4.69) is 37.0 Å². The summed E-state index contributed by atoms with van der Waals surface area (Å²) in [6.45, 7) is 0. The van der Waals surface area contributed by atoms with Crippen molar-refractivity contribution >= 4 is 43.5 Å². The van der Waals surface area contributed by atoms with Crippen LogP contribution in [0.25, 0.3) is 11.3 Å². The molecule has 0 saturated heterocycles. The standard InChI is InChI=1S/C10H6Br2ClNO/c11-5-6-4-9(14-15-6)7-2-1-3-8(13)10(7)12/h1-4H,5H2. The van der Waals surface area contributed by atoms with Crippen molar-refractivity contribution in [3.63, 3.8) is 0 Å². The quantitative estimate of drug-likeness (QED) is 0.736. The molecule has 2 rings (SSSR count). The third-order valence-corrected chi connectivity index (χ3v) is 3.87. The molecular weight excluding hydrogens is 345 g/mol. The van der Waals surface area contributed by atoms with Crippen LogP contribution in [0.4, 0.5) is 0 Å². The summed E-state index contributed by atoms with van der Waals surface area (Å²) in [5, 5.41) is 5.28. The maximum atomic E-state index is 5.99. The highest BCUT2D eigenvalue weighted by atomic mass is 79.9. The Morgan fingerprint density at radius 3 is 2.87 bits per heavy atom. The summed E-state index contributed by atoms with van der Waals surface area (Å²) in [7, 11) is 0. The van der Waals surface area contributed by atoms with Gasteiger partial charge in [-0.25, -0.2) is 0 Å². The van der Waals surface area contributed by atoms with Crippen molar-refractivity contribution < 1.29 is 4.52 Å². The predicted molar refractivity (Wildman–Crippen MR) is 67.3 cm³/mol. The fraction of sp³-hybridized carbons (Fsp3) is 0.100. The van der Waals surface area contributed by atoms with Crippen LogP contribution in [0.5, 0.6) is 0 Å². The summed E-state index contributed by atoms with van der Waals surface area (Å²) in [5.41, 5.74) is 1.71. The molecule has 0 unspecified atom stereocenters. The molecule has 1 aromatic carbocycles. The summed E-state index contributed by atoms with van der Waals surface area (Å²) < 4.78 is 5.94. The van der Waals surface area contributed by atoms with E-state index in [9.17, 15) is 0 Å². The Hall–Kier alpha value is -0.320. The number of halogens is 3. The van der Waals surface area contributed by atoms with Gasteiger partial charge in [-0.15, -0.1) is 0 Å². The molecule has 15 heavy (non-hydrogen) atoms. The molecule has 0 aliphatic heterocycles. The first kappa shape index (κ1) is 11.2. The first-order chi connectivity index (χ1) is 7.22. The van der Waals surface area contributed by atoms with Gasteiger partial charge in [0.15, 0.2) is 0 Å². The predicted octanol–water partition coefficient (Wildman–Crippen LogP) is 4.65. The Balaban J connectivity index is 2.49. The van der Waals surface area contributed by atoms with Crippen LogP contribution in [-0.2, 0) is 5.33 Å². The van der Waals surface area contributed by atoms with Crippen LogP contribution in [0.2, 0.25) is 5.02 Å². The number of hydrogen-bond donors (Lipinski definition) is 0. The van der Waals surface area contributed by atoms with E-state index in [1.54, 1.807) is 0 Å². The van der Waals surface area contributed by atoms with Gasteiger partial charge in [0.1, 0.15) is 11.5 Å². The van der Waals surface area contributed by atoms with E-state index in [1.807, 2.05) is 24.3 Å². The molecular formula is C10H6Br2ClNO. The maximum absolute atomic E-state index is 5.99. The number of hydrogen-bond acceptors (Lipinski definition) is 2. The molecule has 0 fully saturated rings. The minimum absolute atomic E-state index is 0.651. The van der Waals surface area contributed by atoms with Crippen LogP contribution in [0.15, 0.2) is 33.3 Å². The lowest BCUT2D eigenvalue weighted by Crippen LogP contribution is -1.79. The topological polar surface area (TPSA) is 26.0 Å². The number of benzene rings is 1. The lowest BCUT2D eigenvalue weighted by molar-refractivity contribution is 0.398. The molecule has 0 aliphatic rings. The number of alkyl halides is 1. The molecule has 1 aromatic heterocycles. The van der Waals surface area contributed by atoms with Crippen molar-refractivity contribution in [2.75, 3.05) is 0 Å². The lowest BCUT2D eigenvalue weighted by atomic mass is 10.1. The molecule has 1 heterocycles. The van der Waals surface area contributed by atoms with Gasteiger partial charge in [0, 0.05) is 16.1 Å². The second kappa shape index (κ2) is 4.68. The molecule has 0 N–H and O–H groups in total. The summed E-state index contributed by atoms with van der Waals surface area (Å²) in [5.74, 6) is 0.789. The third-order valence-electron chi connectivity index (χ3n) is 1.92. The molecule has 0 radical (unpaired) electrons. The monoisotopic (exact) mass is 349 g/mol. The van der Waals surface area contributed by atoms with Crippen LogP contribution >= 0.6 is 43.5 Å². The van der Waals surface area contributed by atoms with Crippen molar-refractivity contribution in [1.29, 1.82) is 0 Å². The van der Waals surface area contributed by atoms with Gasteiger partial charge in [0.2, 0.25) is 0 Å². The van der Waals surface area contributed by atoms with Gasteiger partial charge in [0.25, 0.3) is 0 Å². The summed E-state index contributed by atoms with van der Waals surface area (Å²) in [4.78, 5) is 0. The Kier molecular flexibility index (Phi) is 3.49. The molecule has 0 spiro atoms. The van der Waals surface area contributed by atoms with Crippen molar-refractivity contribution in [2.45, 2.75) is 5.33 Å². The first-order valence-corrected chi connectivity index (χ1v) is 6.47. The van der Waals surface area contributed by atoms with Crippen molar-refractivity contribution in [3.8, 4) is 11.3 Å². The van der Waals surface area contributed by atoms with Gasteiger partial charge in [-0.2, -0.15) is 0 Å². The third kappa shape index (κ3) is 2.27. The highest BCUT2D eigenvalue weighted by molar-refractivity contribution is 9.10. The van der Waals surface area contributed by atoms with Crippen LogP contribution in [0.3, 0.4) is 0 Å². The van der Waals surface area contributed by atoms with E-state index in [0.717, 1.165) is 21.5 Å². The average molecular weight is 351 g/mol. The van der Waals surface area contributed by atoms with Gasteiger partial charge in [-0.1, -0.05) is 44.8 Å². The molecule has 2 aromatic rings. The molecule has 0 atom stereocenters. The fourth-order valence-electron chi connectivity index (χ4n) is 1.20. The van der Waals surface area contributed by atoms with Crippen molar-refractivity contribution in [2.24, 2.45) is 0 Å². The SMILES string of the molecule is Clc1cccc(-c2cc(CBr)on2)c1Br. The summed E-state index contributed by atoms with van der Waals surface area (Å²) in [6, 6.07) is 7.52. The number of aromatic nitrogens is 1. The highest BCUT2D eigenvalue weighted by Gasteiger charge is 2.10. The van der Waals surface area contributed by atoms with Crippen molar-refractivity contribution in [1.82, 2.24) is 5.16 Å². The molecule has 2 nitrogen and oxygen atoms in total. The first-order valence-electron chi connectivity index (χ1n) is 4.18. The van der Waals surface area contributed by atoms with Crippen LogP contribution in [0.1, 0.15) is 5.76 Å². The van der Waals surface area contributed by atoms with Crippen LogP contribution < -0.4 is 0 Å². The van der Waals surface area contributed by atoms with E-state index in [4.69, 9.17) is 16.1 Å². The van der Waals surface area contributed by atoms with E-state index in [-0.39, 0.29) is 0 Å². The van der Waals surface area contributed by atoms with E-state index in [1.165, 1.54) is 0 Å². The largest absolute Gasteiger partial charge is 0.360 e. The van der Waals surface area contributed by atoms with Gasteiger partial charge in [-0.3, -0.25) is 0 Å². The Morgan fingerprint density at radius 2 is 2.20 bits per heavy atom. The Bertz CT molecular complexity index is 484. The van der Waals surface area contributed by atoms with Gasteiger partial charge in [-0.05, 0) is 22.0 Å². The lowest BCUT2D eigenvalue weighted by Gasteiger charge is -2.00. The Labute approximate surface area is 109 Å². The van der Waals surface area contributed by atoms with Crippen molar-refractivity contribution in [3.05, 3.63) is 39.5 Å². The van der Waals surface area contributed by atoms with E-state index < -0.39 is 0 Å². The molecule has 0 aliphatic carbocycles. The minimum atomic E-state index is 0.651. The molecule has 0 amide bonds. The normalized spacial score (nSPS) is 10.6. The van der Waals surface area contributed by atoms with Crippen LogP contribution in [0, 0.1) is 0 Å². The molecule has 5 heteroatoms. The smallest absolute Gasteiger partial charge is 0.147 e. The minimum Gasteiger partial charge on any atom is -0.360 e. The zero-order valence-corrected chi connectivity index (χ0v) is 11.4. The summed E-state index contributed by atoms with van der Waals surface area (Å²) >= 11 is 12.7. The van der Waals surface area contributed by atoms with E-state index in [0.29, 0.717) is 10.4 Å². The maximum Gasteiger partial charge on any atom is 0.147 e. The second-order valence-corrected chi connectivity index (χ2v) is 4.67. The molecule has 0 saturated carbocycles. The average Bonchev–Trinajstić information content (AvgIpc) is 2.70. The van der Waals surface area contributed by atoms with E-state index >= 15 is 0 Å². The number of nitrogens with zero attached hydrogens (tertiary/aromatic N) is 1. The number of rotatable bonds is 2. The Morgan fingerprint density at radius 1 is 1.40 bits per heavy atom. The summed E-state index contributed by atoms with van der Waals surface area (Å²) in [6.07, 6.45) is 0. The van der Waals surface area contributed by atoms with Crippen LogP contribution in [-0.4, -0.2) is 5.16 Å². The zero-order chi connectivity index (χ0) is 10.8. The highest BCUT2D eigenvalue weighted by Crippen LogP contribution is 2.33.